The second-order valence-corrected chi connectivity index (χ2v) is 7.69. The monoisotopic (exact) mass is 433 g/mol. The van der Waals surface area contributed by atoms with Crippen molar-refractivity contribution in [1.29, 1.82) is 0 Å². The van der Waals surface area contributed by atoms with E-state index in [1.54, 1.807) is 12.1 Å². The van der Waals surface area contributed by atoms with Crippen LogP contribution < -0.4 is 5.32 Å². The van der Waals surface area contributed by atoms with Gasteiger partial charge in [0.25, 0.3) is 5.91 Å². The van der Waals surface area contributed by atoms with E-state index in [0.717, 1.165) is 53.6 Å². The molecule has 0 bridgehead atoms. The average Bonchev–Trinajstić information content (AvgIpc) is 3.26. The number of imidazole rings is 1. The van der Waals surface area contributed by atoms with E-state index in [2.05, 4.69) is 15.4 Å². The molecule has 0 spiro atoms. The maximum Gasteiger partial charge on any atom is 0.319 e. The molecule has 158 valence electrons. The minimum atomic E-state index is -2.65. The van der Waals surface area contributed by atoms with Crippen LogP contribution in [-0.4, -0.2) is 31.8 Å². The van der Waals surface area contributed by atoms with Crippen molar-refractivity contribution in [3.8, 4) is 5.69 Å². The summed E-state index contributed by atoms with van der Waals surface area (Å²) in [7, 11) is 0. The van der Waals surface area contributed by atoms with Crippen LogP contribution in [0, 0.1) is 0 Å². The van der Waals surface area contributed by atoms with Gasteiger partial charge < -0.3 is 5.32 Å². The third kappa shape index (κ3) is 4.23. The number of alkyl halides is 2. The van der Waals surface area contributed by atoms with Gasteiger partial charge >= 0.3 is 6.55 Å². The highest BCUT2D eigenvalue weighted by Crippen LogP contribution is 2.27. The molecule has 0 radical (unpaired) electrons. The van der Waals surface area contributed by atoms with E-state index in [1.165, 1.54) is 12.4 Å². The van der Waals surface area contributed by atoms with E-state index in [9.17, 15) is 13.6 Å². The standard InChI is InChI=1S/C21H22ClF2N5O/c22-14-6-8-15(9-7-14)29-17-5-3-1-2-4-16(17)19(27-29)20(30)26-11-10-18-25-12-13-28(18)21(23)24/h6-9,12-13,21H,1-5,10-11H2,(H,26,30). The first-order valence-electron chi connectivity index (χ1n) is 9.99. The van der Waals surface area contributed by atoms with E-state index in [-0.39, 0.29) is 24.7 Å². The molecule has 6 nitrogen and oxygen atoms in total. The summed E-state index contributed by atoms with van der Waals surface area (Å²) in [6, 6.07) is 7.36. The van der Waals surface area contributed by atoms with Gasteiger partial charge in [-0.25, -0.2) is 9.67 Å². The van der Waals surface area contributed by atoms with E-state index >= 15 is 0 Å². The summed E-state index contributed by atoms with van der Waals surface area (Å²) >= 11 is 6.01. The van der Waals surface area contributed by atoms with Crippen LogP contribution in [0.1, 0.15) is 53.4 Å². The zero-order chi connectivity index (χ0) is 21.1. The molecule has 3 aromatic rings. The smallest absolute Gasteiger partial charge is 0.319 e. The predicted octanol–water partition coefficient (Wildman–Crippen LogP) is 4.36. The number of carbonyl (C=O) groups excluding carboxylic acids is 1. The first kappa shape index (κ1) is 20.5. The van der Waals surface area contributed by atoms with Crippen LogP contribution in [0.15, 0.2) is 36.7 Å². The fraction of sp³-hybridized carbons (Fsp3) is 0.381. The van der Waals surface area contributed by atoms with Crippen LogP contribution >= 0.6 is 11.6 Å². The van der Waals surface area contributed by atoms with Gasteiger partial charge in [0.1, 0.15) is 5.82 Å². The molecule has 0 saturated heterocycles. The molecule has 1 aliphatic carbocycles. The summed E-state index contributed by atoms with van der Waals surface area (Å²) in [5.41, 5.74) is 3.27. The highest BCUT2D eigenvalue weighted by atomic mass is 35.5. The van der Waals surface area contributed by atoms with Crippen molar-refractivity contribution in [3.63, 3.8) is 0 Å². The molecule has 1 aliphatic rings. The fourth-order valence-electron chi connectivity index (χ4n) is 3.84. The van der Waals surface area contributed by atoms with Crippen molar-refractivity contribution in [2.24, 2.45) is 0 Å². The van der Waals surface area contributed by atoms with Gasteiger partial charge in [-0.3, -0.25) is 9.36 Å². The van der Waals surface area contributed by atoms with E-state index < -0.39 is 6.55 Å². The lowest BCUT2D eigenvalue weighted by Crippen LogP contribution is -2.28. The van der Waals surface area contributed by atoms with Gasteiger partial charge in [0.2, 0.25) is 0 Å². The van der Waals surface area contributed by atoms with Crippen LogP contribution in [0.25, 0.3) is 5.69 Å². The number of nitrogens with zero attached hydrogens (tertiary/aromatic N) is 4. The number of benzene rings is 1. The lowest BCUT2D eigenvalue weighted by Gasteiger charge is -2.07. The second kappa shape index (κ2) is 8.95. The summed E-state index contributed by atoms with van der Waals surface area (Å²) in [5.74, 6) is -0.0631. The molecule has 0 unspecified atom stereocenters. The maximum atomic E-state index is 12.9. The van der Waals surface area contributed by atoms with Crippen molar-refractivity contribution in [1.82, 2.24) is 24.6 Å². The molecule has 1 aromatic carbocycles. The van der Waals surface area contributed by atoms with Gasteiger partial charge in [-0.05, 0) is 49.9 Å². The molecule has 2 heterocycles. The predicted molar refractivity (Wildman–Crippen MR) is 109 cm³/mol. The topological polar surface area (TPSA) is 64.7 Å². The number of amides is 1. The van der Waals surface area contributed by atoms with Crippen LogP contribution in [0.4, 0.5) is 8.78 Å². The summed E-state index contributed by atoms with van der Waals surface area (Å²) < 4.78 is 28.5. The molecule has 0 fully saturated rings. The molecule has 30 heavy (non-hydrogen) atoms. The van der Waals surface area contributed by atoms with Crippen LogP contribution in [0.3, 0.4) is 0 Å². The van der Waals surface area contributed by atoms with E-state index in [0.29, 0.717) is 10.7 Å². The Labute approximate surface area is 177 Å². The first-order valence-corrected chi connectivity index (χ1v) is 10.4. The lowest BCUT2D eigenvalue weighted by molar-refractivity contribution is 0.0670. The maximum absolute atomic E-state index is 12.9. The number of halogens is 3. The van der Waals surface area contributed by atoms with Crippen LogP contribution in [-0.2, 0) is 19.3 Å². The minimum Gasteiger partial charge on any atom is -0.350 e. The van der Waals surface area contributed by atoms with Crippen molar-refractivity contribution in [2.45, 2.75) is 45.1 Å². The molecule has 9 heteroatoms. The van der Waals surface area contributed by atoms with Crippen molar-refractivity contribution < 1.29 is 13.6 Å². The molecule has 2 aromatic heterocycles. The Morgan fingerprint density at radius 1 is 1.17 bits per heavy atom. The zero-order valence-corrected chi connectivity index (χ0v) is 17.1. The average molecular weight is 434 g/mol. The number of rotatable bonds is 6. The molecular weight excluding hydrogens is 412 g/mol. The Kier molecular flexibility index (Phi) is 6.13. The number of nitrogens with one attached hydrogen (secondary N) is 1. The highest BCUT2D eigenvalue weighted by Gasteiger charge is 2.24. The molecule has 1 amide bonds. The van der Waals surface area contributed by atoms with Crippen molar-refractivity contribution in [2.75, 3.05) is 6.54 Å². The van der Waals surface area contributed by atoms with E-state index in [4.69, 9.17) is 11.6 Å². The Balaban J connectivity index is 1.54. The second-order valence-electron chi connectivity index (χ2n) is 7.26. The van der Waals surface area contributed by atoms with Gasteiger partial charge in [0.05, 0.1) is 5.69 Å². The Morgan fingerprint density at radius 2 is 1.93 bits per heavy atom. The minimum absolute atomic E-state index is 0.200. The quantitative estimate of drug-likeness (QED) is 0.587. The highest BCUT2D eigenvalue weighted by molar-refractivity contribution is 6.30. The van der Waals surface area contributed by atoms with Gasteiger partial charge in [0, 0.05) is 41.6 Å². The number of hydrogen-bond donors (Lipinski definition) is 1. The summed E-state index contributed by atoms with van der Waals surface area (Å²) in [5, 5.41) is 8.07. The largest absolute Gasteiger partial charge is 0.350 e. The third-order valence-electron chi connectivity index (χ3n) is 5.31. The number of aromatic nitrogens is 4. The van der Waals surface area contributed by atoms with Crippen LogP contribution in [0.2, 0.25) is 5.02 Å². The van der Waals surface area contributed by atoms with Crippen molar-refractivity contribution >= 4 is 17.5 Å². The van der Waals surface area contributed by atoms with Gasteiger partial charge in [-0.1, -0.05) is 18.0 Å². The zero-order valence-electron chi connectivity index (χ0n) is 16.3. The summed E-state index contributed by atoms with van der Waals surface area (Å²) in [4.78, 5) is 16.8. The summed E-state index contributed by atoms with van der Waals surface area (Å²) in [6.07, 6.45) is 7.57. The number of fused-ring (bicyclic) bond motifs is 1. The molecule has 0 saturated carbocycles. The summed E-state index contributed by atoms with van der Waals surface area (Å²) in [6.45, 7) is -2.45. The fourth-order valence-corrected chi connectivity index (χ4v) is 3.97. The molecule has 0 aliphatic heterocycles. The van der Waals surface area contributed by atoms with Crippen LogP contribution in [0.5, 0.6) is 0 Å². The SMILES string of the molecule is O=C(NCCc1nccn1C(F)F)c1nn(-c2ccc(Cl)cc2)c2c1CCCCC2. The Bertz CT molecular complexity index is 1030. The van der Waals surface area contributed by atoms with Gasteiger partial charge in [0.15, 0.2) is 5.69 Å². The Hall–Kier alpha value is -2.74. The number of carbonyl (C=O) groups is 1. The van der Waals surface area contributed by atoms with Crippen molar-refractivity contribution in [3.05, 3.63) is 64.5 Å². The molecule has 1 N–H and O–H groups in total. The third-order valence-corrected chi connectivity index (χ3v) is 5.56. The first-order chi connectivity index (χ1) is 14.5. The molecular formula is C21H22ClF2N5O. The lowest BCUT2D eigenvalue weighted by atomic mass is 10.1. The Morgan fingerprint density at radius 3 is 2.70 bits per heavy atom. The molecule has 0 atom stereocenters. The van der Waals surface area contributed by atoms with Gasteiger partial charge in [-0.15, -0.1) is 0 Å². The normalized spacial score (nSPS) is 13.9. The van der Waals surface area contributed by atoms with E-state index in [1.807, 2.05) is 16.8 Å². The number of hydrogen-bond acceptors (Lipinski definition) is 3. The molecule has 4 rings (SSSR count). The van der Waals surface area contributed by atoms with Gasteiger partial charge in [-0.2, -0.15) is 13.9 Å².